The van der Waals surface area contributed by atoms with E-state index in [9.17, 15) is 9.59 Å². The van der Waals surface area contributed by atoms with E-state index in [1.54, 1.807) is 18.9 Å². The summed E-state index contributed by atoms with van der Waals surface area (Å²) < 4.78 is 5.84. The van der Waals surface area contributed by atoms with Gasteiger partial charge in [0.2, 0.25) is 5.91 Å². The van der Waals surface area contributed by atoms with Gasteiger partial charge in [0.25, 0.3) is 5.91 Å². The Kier molecular flexibility index (Phi) is 7.61. The minimum atomic E-state index is -0.595. The molecule has 0 saturated carbocycles. The number of benzene rings is 2. The van der Waals surface area contributed by atoms with Crippen LogP contribution in [0.4, 0.5) is 0 Å². The van der Waals surface area contributed by atoms with E-state index in [0.29, 0.717) is 18.2 Å². The van der Waals surface area contributed by atoms with Crippen LogP contribution < -0.4 is 10.1 Å². The summed E-state index contributed by atoms with van der Waals surface area (Å²) in [6, 6.07) is 15.1. The van der Waals surface area contributed by atoms with E-state index >= 15 is 0 Å². The maximum Gasteiger partial charge on any atom is 0.261 e. The molecule has 0 heterocycles. The highest BCUT2D eigenvalue weighted by Gasteiger charge is 2.26. The van der Waals surface area contributed by atoms with Gasteiger partial charge in [-0.15, -0.1) is 0 Å². The lowest BCUT2D eigenvalue weighted by molar-refractivity contribution is -0.142. The van der Waals surface area contributed by atoms with Crippen molar-refractivity contribution in [3.8, 4) is 5.75 Å². The number of hydrogen-bond acceptors (Lipinski definition) is 3. The Morgan fingerprint density at radius 1 is 1.07 bits per heavy atom. The maximum atomic E-state index is 13.0. The standard InChI is InChI=1S/C23H30N2O3/c1-16(2)20-11-6-7-12-21(20)28-15-22(26)25(18(4)23(27)24-5)14-19-10-8-9-17(3)13-19/h6-13,16,18H,14-15H2,1-5H3,(H,24,27)/t18-/m1/s1. The van der Waals surface area contributed by atoms with Crippen LogP contribution in [0, 0.1) is 6.92 Å². The van der Waals surface area contributed by atoms with Crippen LogP contribution in [0.5, 0.6) is 5.75 Å². The summed E-state index contributed by atoms with van der Waals surface area (Å²) in [5.74, 6) is 0.563. The smallest absolute Gasteiger partial charge is 0.261 e. The Bertz CT molecular complexity index is 817. The highest BCUT2D eigenvalue weighted by molar-refractivity contribution is 5.87. The molecule has 1 N–H and O–H groups in total. The van der Waals surface area contributed by atoms with Crippen LogP contribution in [0.15, 0.2) is 48.5 Å². The first-order valence-electron chi connectivity index (χ1n) is 9.61. The predicted molar refractivity (Wildman–Crippen MR) is 111 cm³/mol. The highest BCUT2D eigenvalue weighted by Crippen LogP contribution is 2.26. The molecule has 0 aliphatic rings. The molecule has 0 bridgehead atoms. The molecular formula is C23H30N2O3. The van der Waals surface area contributed by atoms with Crippen LogP contribution >= 0.6 is 0 Å². The lowest BCUT2D eigenvalue weighted by Crippen LogP contribution is -2.48. The van der Waals surface area contributed by atoms with Crippen LogP contribution in [-0.2, 0) is 16.1 Å². The summed E-state index contributed by atoms with van der Waals surface area (Å²) in [6.07, 6.45) is 0. The zero-order valence-corrected chi connectivity index (χ0v) is 17.4. The van der Waals surface area contributed by atoms with Crippen LogP contribution in [-0.4, -0.2) is 36.4 Å². The van der Waals surface area contributed by atoms with Crippen LogP contribution in [0.3, 0.4) is 0 Å². The fraction of sp³-hybridized carbons (Fsp3) is 0.391. The van der Waals surface area contributed by atoms with E-state index in [1.165, 1.54) is 0 Å². The number of rotatable bonds is 8. The molecule has 150 valence electrons. The normalized spacial score (nSPS) is 11.8. The van der Waals surface area contributed by atoms with Crippen molar-refractivity contribution in [1.82, 2.24) is 10.2 Å². The third kappa shape index (κ3) is 5.59. The molecule has 2 amide bonds. The van der Waals surface area contributed by atoms with Gasteiger partial charge in [0.05, 0.1) is 0 Å². The Hall–Kier alpha value is -2.82. The fourth-order valence-electron chi connectivity index (χ4n) is 3.11. The van der Waals surface area contributed by atoms with E-state index in [-0.39, 0.29) is 18.4 Å². The largest absolute Gasteiger partial charge is 0.483 e. The minimum absolute atomic E-state index is 0.114. The number of hydrogen-bond donors (Lipinski definition) is 1. The highest BCUT2D eigenvalue weighted by atomic mass is 16.5. The summed E-state index contributed by atoms with van der Waals surface area (Å²) >= 11 is 0. The number of amides is 2. The van der Waals surface area contributed by atoms with Crippen molar-refractivity contribution in [2.45, 2.75) is 46.2 Å². The molecule has 5 heteroatoms. The second-order valence-electron chi connectivity index (χ2n) is 7.28. The van der Waals surface area contributed by atoms with Gasteiger partial charge >= 0.3 is 0 Å². The Morgan fingerprint density at radius 2 is 1.79 bits per heavy atom. The minimum Gasteiger partial charge on any atom is -0.483 e. The molecule has 0 fully saturated rings. The van der Waals surface area contributed by atoms with Gasteiger partial charge in [0, 0.05) is 13.6 Å². The first-order valence-corrected chi connectivity index (χ1v) is 9.61. The van der Waals surface area contributed by atoms with Crippen molar-refractivity contribution in [3.63, 3.8) is 0 Å². The van der Waals surface area contributed by atoms with Crippen LogP contribution in [0.1, 0.15) is 43.4 Å². The van der Waals surface area contributed by atoms with E-state index in [0.717, 1.165) is 16.7 Å². The zero-order chi connectivity index (χ0) is 20.7. The Morgan fingerprint density at radius 3 is 2.43 bits per heavy atom. The average Bonchev–Trinajstić information content (AvgIpc) is 2.69. The van der Waals surface area contributed by atoms with Crippen molar-refractivity contribution >= 4 is 11.8 Å². The molecular weight excluding hydrogens is 352 g/mol. The van der Waals surface area contributed by atoms with Crippen molar-refractivity contribution in [1.29, 1.82) is 0 Å². The molecule has 1 atom stereocenters. The van der Waals surface area contributed by atoms with Gasteiger partial charge in [-0.1, -0.05) is 61.9 Å². The van der Waals surface area contributed by atoms with Gasteiger partial charge in [-0.25, -0.2) is 0 Å². The summed E-state index contributed by atoms with van der Waals surface area (Å²) in [4.78, 5) is 26.7. The molecule has 5 nitrogen and oxygen atoms in total. The number of para-hydroxylation sites is 1. The number of likely N-dealkylation sites (N-methyl/N-ethyl adjacent to an activating group) is 1. The monoisotopic (exact) mass is 382 g/mol. The number of carbonyl (C=O) groups excluding carboxylic acids is 2. The summed E-state index contributed by atoms with van der Waals surface area (Å²) in [5.41, 5.74) is 3.14. The van der Waals surface area contributed by atoms with Gasteiger partial charge in [-0.3, -0.25) is 9.59 Å². The molecule has 2 rings (SSSR count). The van der Waals surface area contributed by atoms with Crippen LogP contribution in [0.25, 0.3) is 0 Å². The van der Waals surface area contributed by atoms with Gasteiger partial charge < -0.3 is 15.0 Å². The Balaban J connectivity index is 2.18. The molecule has 0 saturated heterocycles. The second-order valence-corrected chi connectivity index (χ2v) is 7.28. The molecule has 0 radical (unpaired) electrons. The average molecular weight is 383 g/mol. The lowest BCUT2D eigenvalue weighted by atomic mass is 10.0. The van der Waals surface area contributed by atoms with Gasteiger partial charge in [-0.05, 0) is 37.0 Å². The molecule has 0 spiro atoms. The first kappa shape index (κ1) is 21.5. The van der Waals surface area contributed by atoms with E-state index < -0.39 is 6.04 Å². The molecule has 28 heavy (non-hydrogen) atoms. The molecule has 2 aromatic carbocycles. The number of nitrogens with one attached hydrogen (secondary N) is 1. The molecule has 0 unspecified atom stereocenters. The summed E-state index contributed by atoms with van der Waals surface area (Å²) in [5, 5.41) is 2.62. The number of ether oxygens (including phenoxy) is 1. The molecule has 0 aliphatic heterocycles. The van der Waals surface area contributed by atoms with Gasteiger partial charge in [0.1, 0.15) is 11.8 Å². The maximum absolute atomic E-state index is 13.0. The summed E-state index contributed by atoms with van der Waals surface area (Å²) in [7, 11) is 1.57. The fourth-order valence-corrected chi connectivity index (χ4v) is 3.11. The van der Waals surface area contributed by atoms with E-state index in [4.69, 9.17) is 4.74 Å². The van der Waals surface area contributed by atoms with Gasteiger partial charge in [-0.2, -0.15) is 0 Å². The van der Waals surface area contributed by atoms with Crippen molar-refractivity contribution in [2.24, 2.45) is 0 Å². The number of nitrogens with zero attached hydrogens (tertiary/aromatic N) is 1. The topological polar surface area (TPSA) is 58.6 Å². The molecule has 0 aliphatic carbocycles. The van der Waals surface area contributed by atoms with Crippen molar-refractivity contribution < 1.29 is 14.3 Å². The van der Waals surface area contributed by atoms with Gasteiger partial charge in [0.15, 0.2) is 6.61 Å². The lowest BCUT2D eigenvalue weighted by Gasteiger charge is -2.28. The van der Waals surface area contributed by atoms with Crippen molar-refractivity contribution in [2.75, 3.05) is 13.7 Å². The predicted octanol–water partition coefficient (Wildman–Crippen LogP) is 3.66. The SMILES string of the molecule is CNC(=O)[C@@H](C)N(Cc1cccc(C)c1)C(=O)COc1ccccc1C(C)C. The zero-order valence-electron chi connectivity index (χ0n) is 17.4. The Labute approximate surface area is 167 Å². The third-order valence-electron chi connectivity index (χ3n) is 4.74. The molecule has 0 aromatic heterocycles. The van der Waals surface area contributed by atoms with Crippen LogP contribution in [0.2, 0.25) is 0 Å². The molecule has 2 aromatic rings. The first-order chi connectivity index (χ1) is 13.3. The third-order valence-corrected chi connectivity index (χ3v) is 4.74. The second kappa shape index (κ2) is 9.93. The van der Waals surface area contributed by atoms with E-state index in [1.807, 2.05) is 55.5 Å². The summed E-state index contributed by atoms with van der Waals surface area (Å²) in [6.45, 7) is 8.14. The van der Waals surface area contributed by atoms with Crippen molar-refractivity contribution in [3.05, 3.63) is 65.2 Å². The quantitative estimate of drug-likeness (QED) is 0.758. The number of carbonyl (C=O) groups is 2. The number of aryl methyl sites for hydroxylation is 1. The van der Waals surface area contributed by atoms with E-state index in [2.05, 4.69) is 19.2 Å².